The van der Waals surface area contributed by atoms with E-state index in [9.17, 15) is 4.79 Å². The lowest BCUT2D eigenvalue weighted by Gasteiger charge is -2.21. The molecule has 1 heterocycles. The Morgan fingerprint density at radius 1 is 1.20 bits per heavy atom. The van der Waals surface area contributed by atoms with Crippen molar-refractivity contribution >= 4 is 11.6 Å². The molecule has 3 nitrogen and oxygen atoms in total. The molecule has 1 aliphatic rings. The van der Waals surface area contributed by atoms with Crippen molar-refractivity contribution in [3.05, 3.63) is 29.3 Å². The molecule has 1 fully saturated rings. The molecular formula is C17H26N2O. The second-order valence-corrected chi connectivity index (χ2v) is 6.26. The van der Waals surface area contributed by atoms with Crippen LogP contribution in [0.3, 0.4) is 0 Å². The fourth-order valence-corrected chi connectivity index (χ4v) is 2.81. The van der Waals surface area contributed by atoms with E-state index in [4.69, 9.17) is 0 Å². The number of carbonyl (C=O) groups is 1. The molecule has 0 spiro atoms. The van der Waals surface area contributed by atoms with Crippen LogP contribution in [-0.2, 0) is 4.79 Å². The molecule has 1 aromatic rings. The Morgan fingerprint density at radius 3 is 2.25 bits per heavy atom. The van der Waals surface area contributed by atoms with E-state index in [-0.39, 0.29) is 11.9 Å². The molecule has 1 saturated heterocycles. The summed E-state index contributed by atoms with van der Waals surface area (Å²) in [6.07, 6.45) is 2.02. The molecule has 1 atom stereocenters. The largest absolute Gasteiger partial charge is 0.324 e. The number of para-hydroxylation sites is 1. The van der Waals surface area contributed by atoms with E-state index in [0.29, 0.717) is 11.8 Å². The van der Waals surface area contributed by atoms with Gasteiger partial charge in [0.15, 0.2) is 0 Å². The zero-order valence-electron chi connectivity index (χ0n) is 13.0. The Kier molecular flexibility index (Phi) is 4.81. The number of amides is 1. The van der Waals surface area contributed by atoms with Gasteiger partial charge >= 0.3 is 0 Å². The van der Waals surface area contributed by atoms with Crippen LogP contribution >= 0.6 is 0 Å². The van der Waals surface area contributed by atoms with E-state index < -0.39 is 0 Å². The molecule has 2 N–H and O–H groups in total. The predicted octanol–water partition coefficient (Wildman–Crippen LogP) is 3.62. The lowest BCUT2D eigenvalue weighted by Crippen LogP contribution is -2.36. The van der Waals surface area contributed by atoms with E-state index in [1.807, 2.05) is 0 Å². The summed E-state index contributed by atoms with van der Waals surface area (Å²) in [7, 11) is 0. The van der Waals surface area contributed by atoms with E-state index in [2.05, 4.69) is 56.5 Å². The molecule has 20 heavy (non-hydrogen) atoms. The van der Waals surface area contributed by atoms with Crippen LogP contribution in [-0.4, -0.2) is 18.5 Å². The number of hydrogen-bond acceptors (Lipinski definition) is 2. The van der Waals surface area contributed by atoms with Crippen LogP contribution in [0.5, 0.6) is 0 Å². The highest BCUT2D eigenvalue weighted by atomic mass is 16.2. The van der Waals surface area contributed by atoms with Gasteiger partial charge in [-0.25, -0.2) is 0 Å². The average molecular weight is 274 g/mol. The average Bonchev–Trinajstić information content (AvgIpc) is 2.92. The third kappa shape index (κ3) is 3.21. The third-order valence-corrected chi connectivity index (χ3v) is 4.00. The van der Waals surface area contributed by atoms with Crippen molar-refractivity contribution in [3.8, 4) is 0 Å². The molecule has 0 saturated carbocycles. The minimum Gasteiger partial charge on any atom is -0.324 e. The Hall–Kier alpha value is -1.35. The van der Waals surface area contributed by atoms with Crippen LogP contribution in [0.15, 0.2) is 18.2 Å². The van der Waals surface area contributed by atoms with Gasteiger partial charge in [-0.15, -0.1) is 0 Å². The van der Waals surface area contributed by atoms with E-state index in [0.717, 1.165) is 25.1 Å². The summed E-state index contributed by atoms with van der Waals surface area (Å²) in [6, 6.07) is 6.30. The number of anilines is 1. The van der Waals surface area contributed by atoms with E-state index >= 15 is 0 Å². The molecule has 0 radical (unpaired) electrons. The molecule has 1 aliphatic heterocycles. The van der Waals surface area contributed by atoms with Crippen LogP contribution < -0.4 is 10.6 Å². The molecule has 1 aromatic carbocycles. The molecular weight excluding hydrogens is 248 g/mol. The fourth-order valence-electron chi connectivity index (χ4n) is 2.81. The molecule has 0 aromatic heterocycles. The maximum absolute atomic E-state index is 12.4. The molecule has 3 heteroatoms. The van der Waals surface area contributed by atoms with Crippen LogP contribution in [0.2, 0.25) is 0 Å². The minimum absolute atomic E-state index is 0.0322. The van der Waals surface area contributed by atoms with Gasteiger partial charge in [-0.2, -0.15) is 0 Å². The highest BCUT2D eigenvalue weighted by molar-refractivity contribution is 5.96. The number of rotatable bonds is 4. The standard InChI is InChI=1S/C17H26N2O/c1-11(2)13-7-5-8-14(12(3)4)16(13)19-17(20)15-9-6-10-18-15/h5,7-8,11-12,15,18H,6,9-10H2,1-4H3,(H,19,20). The summed E-state index contributed by atoms with van der Waals surface area (Å²) in [5, 5.41) is 6.44. The fraction of sp³-hybridized carbons (Fsp3) is 0.588. The summed E-state index contributed by atoms with van der Waals surface area (Å²) in [5.41, 5.74) is 3.47. The smallest absolute Gasteiger partial charge is 0.241 e. The van der Waals surface area contributed by atoms with Crippen molar-refractivity contribution in [2.45, 2.75) is 58.4 Å². The lowest BCUT2D eigenvalue weighted by molar-refractivity contribution is -0.117. The van der Waals surface area contributed by atoms with Crippen molar-refractivity contribution in [2.24, 2.45) is 0 Å². The number of carbonyl (C=O) groups excluding carboxylic acids is 1. The normalized spacial score (nSPS) is 18.8. The summed E-state index contributed by atoms with van der Waals surface area (Å²) in [4.78, 5) is 12.4. The van der Waals surface area contributed by atoms with E-state index in [1.54, 1.807) is 0 Å². The highest BCUT2D eigenvalue weighted by Gasteiger charge is 2.24. The van der Waals surface area contributed by atoms with Gasteiger partial charge in [0.2, 0.25) is 5.91 Å². The Balaban J connectivity index is 2.30. The Bertz CT molecular complexity index is 448. The zero-order chi connectivity index (χ0) is 14.7. The van der Waals surface area contributed by atoms with Crippen LogP contribution in [0, 0.1) is 0 Å². The molecule has 2 rings (SSSR count). The van der Waals surface area contributed by atoms with Gasteiger partial charge < -0.3 is 10.6 Å². The summed E-state index contributed by atoms with van der Waals surface area (Å²) >= 11 is 0. The van der Waals surface area contributed by atoms with Gasteiger partial charge in [0, 0.05) is 5.69 Å². The maximum Gasteiger partial charge on any atom is 0.241 e. The Labute approximate surface area is 122 Å². The van der Waals surface area contributed by atoms with Gasteiger partial charge in [-0.05, 0) is 42.3 Å². The number of hydrogen-bond donors (Lipinski definition) is 2. The van der Waals surface area contributed by atoms with Crippen molar-refractivity contribution in [3.63, 3.8) is 0 Å². The summed E-state index contributed by atoms with van der Waals surface area (Å²) in [5.74, 6) is 0.915. The molecule has 0 bridgehead atoms. The van der Waals surface area contributed by atoms with Gasteiger partial charge in [0.25, 0.3) is 0 Å². The van der Waals surface area contributed by atoms with Crippen LogP contribution in [0.4, 0.5) is 5.69 Å². The van der Waals surface area contributed by atoms with Gasteiger partial charge in [-0.1, -0.05) is 45.9 Å². The summed E-state index contributed by atoms with van der Waals surface area (Å²) < 4.78 is 0. The quantitative estimate of drug-likeness (QED) is 0.880. The van der Waals surface area contributed by atoms with Crippen molar-refractivity contribution in [2.75, 3.05) is 11.9 Å². The van der Waals surface area contributed by atoms with Crippen molar-refractivity contribution in [1.82, 2.24) is 5.32 Å². The molecule has 1 amide bonds. The van der Waals surface area contributed by atoms with Crippen LogP contribution in [0.25, 0.3) is 0 Å². The second kappa shape index (κ2) is 6.40. The van der Waals surface area contributed by atoms with Crippen molar-refractivity contribution in [1.29, 1.82) is 0 Å². The summed E-state index contributed by atoms with van der Waals surface area (Å²) in [6.45, 7) is 9.62. The van der Waals surface area contributed by atoms with Crippen molar-refractivity contribution < 1.29 is 4.79 Å². The molecule has 1 unspecified atom stereocenters. The first-order valence-electron chi connectivity index (χ1n) is 7.67. The Morgan fingerprint density at radius 2 is 1.80 bits per heavy atom. The monoisotopic (exact) mass is 274 g/mol. The highest BCUT2D eigenvalue weighted by Crippen LogP contribution is 2.32. The predicted molar refractivity (Wildman–Crippen MR) is 84.3 cm³/mol. The van der Waals surface area contributed by atoms with Gasteiger partial charge in [0.05, 0.1) is 6.04 Å². The zero-order valence-corrected chi connectivity index (χ0v) is 13.0. The first-order chi connectivity index (χ1) is 9.50. The SMILES string of the molecule is CC(C)c1cccc(C(C)C)c1NC(=O)C1CCCN1. The third-order valence-electron chi connectivity index (χ3n) is 4.00. The second-order valence-electron chi connectivity index (χ2n) is 6.26. The number of benzene rings is 1. The number of nitrogens with one attached hydrogen (secondary N) is 2. The molecule has 0 aliphatic carbocycles. The minimum atomic E-state index is -0.0322. The lowest BCUT2D eigenvalue weighted by atomic mass is 9.92. The van der Waals surface area contributed by atoms with E-state index in [1.165, 1.54) is 11.1 Å². The maximum atomic E-state index is 12.4. The molecule has 110 valence electrons. The van der Waals surface area contributed by atoms with Crippen LogP contribution in [0.1, 0.15) is 63.5 Å². The van der Waals surface area contributed by atoms with Gasteiger partial charge in [-0.3, -0.25) is 4.79 Å². The first-order valence-corrected chi connectivity index (χ1v) is 7.67. The first kappa shape index (κ1) is 15.0. The topological polar surface area (TPSA) is 41.1 Å². The van der Waals surface area contributed by atoms with Gasteiger partial charge in [0.1, 0.15) is 0 Å².